The highest BCUT2D eigenvalue weighted by atomic mass is 32.2. The number of halogens is 1. The van der Waals surface area contributed by atoms with Gasteiger partial charge in [0.05, 0.1) is 24.8 Å². The van der Waals surface area contributed by atoms with Gasteiger partial charge in [0.1, 0.15) is 10.8 Å². The third-order valence-electron chi connectivity index (χ3n) is 3.24. The fourth-order valence-electron chi connectivity index (χ4n) is 2.03. The Morgan fingerprint density at radius 1 is 1.43 bits per heavy atom. The monoisotopic (exact) mass is 354 g/mol. The Hall–Kier alpha value is -1.44. The van der Waals surface area contributed by atoms with E-state index in [1.54, 1.807) is 23.9 Å². The molecule has 0 spiro atoms. The van der Waals surface area contributed by atoms with Gasteiger partial charge in [0.2, 0.25) is 5.91 Å². The lowest BCUT2D eigenvalue weighted by atomic mass is 10.2. The number of amides is 1. The van der Waals surface area contributed by atoms with Crippen LogP contribution in [-0.4, -0.2) is 40.7 Å². The van der Waals surface area contributed by atoms with Crippen LogP contribution in [0.2, 0.25) is 0 Å². The van der Waals surface area contributed by atoms with E-state index in [-0.39, 0.29) is 30.8 Å². The summed E-state index contributed by atoms with van der Waals surface area (Å²) in [6.07, 6.45) is 2.90. The predicted octanol–water partition coefficient (Wildman–Crippen LogP) is 2.72. The van der Waals surface area contributed by atoms with Crippen molar-refractivity contribution >= 4 is 29.0 Å². The second kappa shape index (κ2) is 9.00. The number of thiazole rings is 1. The number of aromatic nitrogens is 1. The Kier molecular flexibility index (Phi) is 7.01. The van der Waals surface area contributed by atoms with Crippen LogP contribution in [0.5, 0.6) is 0 Å². The maximum atomic E-state index is 12.9. The van der Waals surface area contributed by atoms with E-state index >= 15 is 0 Å². The molecule has 0 saturated carbocycles. The summed E-state index contributed by atoms with van der Waals surface area (Å²) in [5, 5.41) is 14.7. The number of thioether (sulfide) groups is 1. The zero-order chi connectivity index (χ0) is 16.7. The fourth-order valence-corrected chi connectivity index (χ4v) is 3.37. The summed E-state index contributed by atoms with van der Waals surface area (Å²) in [6.45, 7) is -0.0653. The average molecular weight is 354 g/mol. The van der Waals surface area contributed by atoms with Crippen LogP contribution < -0.4 is 5.32 Å². The summed E-state index contributed by atoms with van der Waals surface area (Å²) in [4.78, 5) is 16.4. The number of carbonyl (C=O) groups is 1. The maximum Gasteiger partial charge on any atom is 0.226 e. The van der Waals surface area contributed by atoms with Gasteiger partial charge >= 0.3 is 0 Å². The molecule has 124 valence electrons. The first-order valence-corrected chi connectivity index (χ1v) is 9.49. The van der Waals surface area contributed by atoms with E-state index in [9.17, 15) is 14.3 Å². The minimum atomic E-state index is -0.287. The summed E-state index contributed by atoms with van der Waals surface area (Å²) in [6, 6.07) is 5.90. The average Bonchev–Trinajstić information content (AvgIpc) is 3.00. The Morgan fingerprint density at radius 2 is 2.17 bits per heavy atom. The van der Waals surface area contributed by atoms with Crippen molar-refractivity contribution in [2.75, 3.05) is 18.6 Å². The number of hydrogen-bond donors (Lipinski definition) is 2. The summed E-state index contributed by atoms with van der Waals surface area (Å²) < 4.78 is 12.9. The van der Waals surface area contributed by atoms with Gasteiger partial charge in [-0.05, 0) is 42.7 Å². The van der Waals surface area contributed by atoms with E-state index in [4.69, 9.17) is 0 Å². The van der Waals surface area contributed by atoms with E-state index in [2.05, 4.69) is 10.3 Å². The molecule has 1 unspecified atom stereocenters. The number of aliphatic hydroxyl groups excluding tert-OH is 1. The van der Waals surface area contributed by atoms with E-state index in [1.807, 2.05) is 11.6 Å². The van der Waals surface area contributed by atoms with Crippen molar-refractivity contribution in [2.24, 2.45) is 0 Å². The van der Waals surface area contributed by atoms with Crippen molar-refractivity contribution in [2.45, 2.75) is 18.9 Å². The van der Waals surface area contributed by atoms with Crippen molar-refractivity contribution in [1.82, 2.24) is 10.3 Å². The van der Waals surface area contributed by atoms with Crippen LogP contribution in [0, 0.1) is 5.82 Å². The van der Waals surface area contributed by atoms with Crippen molar-refractivity contribution in [1.29, 1.82) is 0 Å². The van der Waals surface area contributed by atoms with Crippen molar-refractivity contribution in [3.8, 4) is 10.6 Å². The zero-order valence-corrected chi connectivity index (χ0v) is 14.4. The molecular weight excluding hydrogens is 335 g/mol. The van der Waals surface area contributed by atoms with E-state index < -0.39 is 0 Å². The second-order valence-corrected chi connectivity index (χ2v) is 6.90. The standard InChI is InChI=1S/C16H19FN2O2S2/c1-22-7-6-13(9-20)18-15(21)8-14-10-23-16(19-14)11-2-4-12(17)5-3-11/h2-5,10,13,20H,6-9H2,1H3,(H,18,21). The van der Waals surface area contributed by atoms with Gasteiger partial charge in [0.25, 0.3) is 0 Å². The van der Waals surface area contributed by atoms with Gasteiger partial charge in [0.15, 0.2) is 0 Å². The fraction of sp³-hybridized carbons (Fsp3) is 0.375. The number of nitrogens with zero attached hydrogens (tertiary/aromatic N) is 1. The molecule has 0 saturated heterocycles. The SMILES string of the molecule is CSCCC(CO)NC(=O)Cc1csc(-c2ccc(F)cc2)n1. The quantitative estimate of drug-likeness (QED) is 0.765. The Bertz CT molecular complexity index is 631. The Morgan fingerprint density at radius 3 is 2.83 bits per heavy atom. The number of benzene rings is 1. The molecule has 1 aromatic heterocycles. The highest BCUT2D eigenvalue weighted by molar-refractivity contribution is 7.98. The van der Waals surface area contributed by atoms with Gasteiger partial charge < -0.3 is 10.4 Å². The van der Waals surface area contributed by atoms with Crippen molar-refractivity contribution in [3.05, 3.63) is 41.2 Å². The Labute approximate surface area is 143 Å². The lowest BCUT2D eigenvalue weighted by Crippen LogP contribution is -2.38. The van der Waals surface area contributed by atoms with Crippen LogP contribution in [0.15, 0.2) is 29.6 Å². The van der Waals surface area contributed by atoms with Crippen LogP contribution in [0.1, 0.15) is 12.1 Å². The molecule has 4 nitrogen and oxygen atoms in total. The van der Waals surface area contributed by atoms with Gasteiger partial charge in [-0.1, -0.05) is 0 Å². The molecule has 2 N–H and O–H groups in total. The predicted molar refractivity (Wildman–Crippen MR) is 93.2 cm³/mol. The molecule has 0 radical (unpaired) electrons. The normalized spacial score (nSPS) is 12.1. The van der Waals surface area contributed by atoms with Gasteiger partial charge in [-0.3, -0.25) is 4.79 Å². The lowest BCUT2D eigenvalue weighted by molar-refractivity contribution is -0.121. The number of aliphatic hydroxyl groups is 1. The Balaban J connectivity index is 1.93. The summed E-state index contributed by atoms with van der Waals surface area (Å²) in [5.41, 5.74) is 1.50. The number of carbonyl (C=O) groups excluding carboxylic acids is 1. The molecule has 0 fully saturated rings. The number of rotatable bonds is 8. The topological polar surface area (TPSA) is 62.2 Å². The third-order valence-corrected chi connectivity index (χ3v) is 4.82. The summed E-state index contributed by atoms with van der Waals surface area (Å²) >= 11 is 3.10. The zero-order valence-electron chi connectivity index (χ0n) is 12.8. The molecule has 23 heavy (non-hydrogen) atoms. The van der Waals surface area contributed by atoms with Crippen molar-refractivity contribution in [3.63, 3.8) is 0 Å². The lowest BCUT2D eigenvalue weighted by Gasteiger charge is -2.15. The number of hydrogen-bond acceptors (Lipinski definition) is 5. The molecule has 1 heterocycles. The van der Waals surface area contributed by atoms with Gasteiger partial charge in [-0.2, -0.15) is 11.8 Å². The van der Waals surface area contributed by atoms with Crippen LogP contribution >= 0.6 is 23.1 Å². The molecule has 1 aromatic carbocycles. The molecule has 1 atom stereocenters. The highest BCUT2D eigenvalue weighted by Gasteiger charge is 2.13. The molecule has 2 aromatic rings. The van der Waals surface area contributed by atoms with Gasteiger partial charge in [-0.25, -0.2) is 9.37 Å². The molecule has 7 heteroatoms. The molecule has 0 aliphatic carbocycles. The molecule has 1 amide bonds. The van der Waals surface area contributed by atoms with E-state index in [0.717, 1.165) is 22.7 Å². The van der Waals surface area contributed by atoms with Gasteiger partial charge in [-0.15, -0.1) is 11.3 Å². The smallest absolute Gasteiger partial charge is 0.226 e. The van der Waals surface area contributed by atoms with Crippen LogP contribution in [0.25, 0.3) is 10.6 Å². The van der Waals surface area contributed by atoms with E-state index in [0.29, 0.717) is 5.69 Å². The largest absolute Gasteiger partial charge is 0.394 e. The molecular formula is C16H19FN2O2S2. The number of nitrogens with one attached hydrogen (secondary N) is 1. The minimum absolute atomic E-state index is 0.0653. The van der Waals surface area contributed by atoms with Crippen LogP contribution in [0.4, 0.5) is 4.39 Å². The van der Waals surface area contributed by atoms with Crippen LogP contribution in [-0.2, 0) is 11.2 Å². The molecule has 0 bridgehead atoms. The first kappa shape index (κ1) is 17.9. The van der Waals surface area contributed by atoms with Gasteiger partial charge in [0, 0.05) is 10.9 Å². The minimum Gasteiger partial charge on any atom is -0.394 e. The highest BCUT2D eigenvalue weighted by Crippen LogP contribution is 2.24. The molecule has 2 rings (SSSR count). The molecule has 0 aliphatic heterocycles. The summed E-state index contributed by atoms with van der Waals surface area (Å²) in [7, 11) is 0. The van der Waals surface area contributed by atoms with Crippen LogP contribution in [0.3, 0.4) is 0 Å². The van der Waals surface area contributed by atoms with Crippen molar-refractivity contribution < 1.29 is 14.3 Å². The first-order valence-electron chi connectivity index (χ1n) is 7.22. The maximum absolute atomic E-state index is 12.9. The van der Waals surface area contributed by atoms with E-state index in [1.165, 1.54) is 23.5 Å². The second-order valence-electron chi connectivity index (χ2n) is 5.06. The molecule has 0 aliphatic rings. The first-order chi connectivity index (χ1) is 11.1. The summed E-state index contributed by atoms with van der Waals surface area (Å²) in [5.74, 6) is 0.447. The third kappa shape index (κ3) is 5.60.